The Kier molecular flexibility index (Phi) is 5.59. The zero-order valence-corrected chi connectivity index (χ0v) is 14.0. The summed E-state index contributed by atoms with van der Waals surface area (Å²) in [6.45, 7) is 2.67. The summed E-state index contributed by atoms with van der Waals surface area (Å²) in [6.07, 6.45) is 0. The third kappa shape index (κ3) is 4.76. The molecule has 2 aromatic carbocycles. The smallest absolute Gasteiger partial charge is 0.0519 e. The standard InChI is InChI=1S/C20H22N2S/c21-19(20-12-7-13-23-20)16-22(14-17-8-3-1-4-9-17)15-18-10-5-2-6-11-18/h1-13,19H,14-16,21H2. The molecule has 0 saturated heterocycles. The number of hydrogen-bond donors (Lipinski definition) is 1. The lowest BCUT2D eigenvalue weighted by Gasteiger charge is -2.25. The van der Waals surface area contributed by atoms with Gasteiger partial charge in [0, 0.05) is 24.5 Å². The van der Waals surface area contributed by atoms with Crippen LogP contribution in [0.2, 0.25) is 0 Å². The molecule has 1 unspecified atom stereocenters. The maximum atomic E-state index is 6.42. The number of hydrogen-bond acceptors (Lipinski definition) is 3. The van der Waals surface area contributed by atoms with Crippen molar-refractivity contribution in [3.05, 3.63) is 94.2 Å². The normalized spacial score (nSPS) is 12.4. The van der Waals surface area contributed by atoms with Gasteiger partial charge in [0.15, 0.2) is 0 Å². The van der Waals surface area contributed by atoms with E-state index in [1.807, 2.05) is 0 Å². The van der Waals surface area contributed by atoms with Gasteiger partial charge in [-0.1, -0.05) is 66.7 Å². The van der Waals surface area contributed by atoms with Crippen molar-refractivity contribution in [2.45, 2.75) is 19.1 Å². The summed E-state index contributed by atoms with van der Waals surface area (Å²) in [5, 5.41) is 2.09. The van der Waals surface area contributed by atoms with Gasteiger partial charge in [0.1, 0.15) is 0 Å². The van der Waals surface area contributed by atoms with Crippen LogP contribution in [0.5, 0.6) is 0 Å². The Morgan fingerprint density at radius 2 is 1.35 bits per heavy atom. The highest BCUT2D eigenvalue weighted by Gasteiger charge is 2.14. The molecule has 0 aliphatic rings. The van der Waals surface area contributed by atoms with Gasteiger partial charge in [-0.15, -0.1) is 11.3 Å². The minimum atomic E-state index is 0.0578. The van der Waals surface area contributed by atoms with E-state index < -0.39 is 0 Å². The fourth-order valence-corrected chi connectivity index (χ4v) is 3.46. The van der Waals surface area contributed by atoms with Crippen LogP contribution in [0.3, 0.4) is 0 Å². The second-order valence-electron chi connectivity index (χ2n) is 5.76. The first-order valence-electron chi connectivity index (χ1n) is 7.90. The molecule has 0 spiro atoms. The molecule has 3 rings (SSSR count). The van der Waals surface area contributed by atoms with E-state index in [1.165, 1.54) is 16.0 Å². The molecule has 23 heavy (non-hydrogen) atoms. The lowest BCUT2D eigenvalue weighted by Crippen LogP contribution is -2.31. The van der Waals surface area contributed by atoms with E-state index in [-0.39, 0.29) is 6.04 Å². The van der Waals surface area contributed by atoms with Crippen LogP contribution in [-0.4, -0.2) is 11.4 Å². The number of benzene rings is 2. The molecule has 0 saturated carbocycles. The van der Waals surface area contributed by atoms with Crippen LogP contribution in [0.1, 0.15) is 22.0 Å². The molecule has 0 radical (unpaired) electrons. The summed E-state index contributed by atoms with van der Waals surface area (Å²) < 4.78 is 0. The Balaban J connectivity index is 1.72. The second kappa shape index (κ2) is 8.06. The van der Waals surface area contributed by atoms with E-state index in [0.717, 1.165) is 19.6 Å². The van der Waals surface area contributed by atoms with E-state index in [9.17, 15) is 0 Å². The van der Waals surface area contributed by atoms with Crippen LogP contribution in [0.4, 0.5) is 0 Å². The summed E-state index contributed by atoms with van der Waals surface area (Å²) in [7, 11) is 0. The van der Waals surface area contributed by atoms with E-state index in [1.54, 1.807) is 11.3 Å². The van der Waals surface area contributed by atoms with Crippen LogP contribution >= 0.6 is 11.3 Å². The van der Waals surface area contributed by atoms with Gasteiger partial charge in [0.25, 0.3) is 0 Å². The van der Waals surface area contributed by atoms with Crippen molar-refractivity contribution in [2.24, 2.45) is 5.73 Å². The largest absolute Gasteiger partial charge is 0.322 e. The molecule has 2 N–H and O–H groups in total. The minimum absolute atomic E-state index is 0.0578. The monoisotopic (exact) mass is 322 g/mol. The number of thiophene rings is 1. The van der Waals surface area contributed by atoms with Crippen LogP contribution in [-0.2, 0) is 13.1 Å². The second-order valence-corrected chi connectivity index (χ2v) is 6.74. The predicted molar refractivity (Wildman–Crippen MR) is 98.2 cm³/mol. The fourth-order valence-electron chi connectivity index (χ4n) is 2.74. The summed E-state index contributed by atoms with van der Waals surface area (Å²) in [4.78, 5) is 3.67. The summed E-state index contributed by atoms with van der Waals surface area (Å²) in [5.74, 6) is 0. The van der Waals surface area contributed by atoms with E-state index >= 15 is 0 Å². The first-order chi connectivity index (χ1) is 11.3. The van der Waals surface area contributed by atoms with Crippen molar-refractivity contribution in [2.75, 3.05) is 6.54 Å². The third-order valence-electron chi connectivity index (χ3n) is 3.86. The SMILES string of the molecule is NC(CN(Cc1ccccc1)Cc1ccccc1)c1cccs1. The van der Waals surface area contributed by atoms with Crippen molar-refractivity contribution >= 4 is 11.3 Å². The number of nitrogens with two attached hydrogens (primary N) is 1. The molecule has 0 bridgehead atoms. The number of nitrogens with zero attached hydrogens (tertiary/aromatic N) is 1. The van der Waals surface area contributed by atoms with Crippen LogP contribution in [0.25, 0.3) is 0 Å². The van der Waals surface area contributed by atoms with Crippen molar-refractivity contribution < 1.29 is 0 Å². The zero-order chi connectivity index (χ0) is 15.9. The molecule has 1 heterocycles. The van der Waals surface area contributed by atoms with Crippen molar-refractivity contribution in [1.82, 2.24) is 4.90 Å². The molecule has 3 heteroatoms. The van der Waals surface area contributed by atoms with Gasteiger partial charge >= 0.3 is 0 Å². The van der Waals surface area contributed by atoms with Crippen LogP contribution < -0.4 is 5.73 Å². The average molecular weight is 322 g/mol. The molecule has 0 aliphatic carbocycles. The summed E-state index contributed by atoms with van der Waals surface area (Å²) in [5.41, 5.74) is 9.06. The molecule has 0 amide bonds. The Labute approximate surface area is 142 Å². The van der Waals surface area contributed by atoms with Gasteiger partial charge in [-0.3, -0.25) is 4.90 Å². The lowest BCUT2D eigenvalue weighted by atomic mass is 10.1. The quantitative estimate of drug-likeness (QED) is 0.696. The van der Waals surface area contributed by atoms with Gasteiger partial charge in [-0.05, 0) is 22.6 Å². The maximum absolute atomic E-state index is 6.42. The number of rotatable bonds is 7. The van der Waals surface area contributed by atoms with E-state index in [2.05, 4.69) is 83.1 Å². The topological polar surface area (TPSA) is 29.3 Å². The molecule has 1 aromatic heterocycles. The molecular weight excluding hydrogens is 300 g/mol. The van der Waals surface area contributed by atoms with Gasteiger partial charge in [-0.2, -0.15) is 0 Å². The first-order valence-corrected chi connectivity index (χ1v) is 8.78. The molecular formula is C20H22N2S. The predicted octanol–water partition coefficient (Wildman–Crippen LogP) is 4.45. The van der Waals surface area contributed by atoms with E-state index in [0.29, 0.717) is 0 Å². The molecule has 1 atom stereocenters. The van der Waals surface area contributed by atoms with Gasteiger partial charge < -0.3 is 5.73 Å². The highest BCUT2D eigenvalue weighted by molar-refractivity contribution is 7.10. The Morgan fingerprint density at radius 1 is 0.783 bits per heavy atom. The van der Waals surface area contributed by atoms with Crippen LogP contribution in [0.15, 0.2) is 78.2 Å². The maximum Gasteiger partial charge on any atom is 0.0519 e. The zero-order valence-electron chi connectivity index (χ0n) is 13.1. The third-order valence-corrected chi connectivity index (χ3v) is 4.87. The molecule has 2 nitrogen and oxygen atoms in total. The summed E-state index contributed by atoms with van der Waals surface area (Å²) >= 11 is 1.73. The fraction of sp³-hybridized carbons (Fsp3) is 0.200. The molecule has 0 aliphatic heterocycles. The molecule has 0 fully saturated rings. The van der Waals surface area contributed by atoms with Gasteiger partial charge in [0.05, 0.1) is 6.04 Å². The van der Waals surface area contributed by atoms with Gasteiger partial charge in [0.2, 0.25) is 0 Å². The molecule has 118 valence electrons. The summed E-state index contributed by atoms with van der Waals surface area (Å²) in [6, 6.07) is 25.4. The Morgan fingerprint density at radius 3 is 1.83 bits per heavy atom. The van der Waals surface area contributed by atoms with Crippen molar-refractivity contribution in [3.63, 3.8) is 0 Å². The highest BCUT2D eigenvalue weighted by atomic mass is 32.1. The van der Waals surface area contributed by atoms with Gasteiger partial charge in [-0.25, -0.2) is 0 Å². The van der Waals surface area contributed by atoms with Crippen molar-refractivity contribution in [3.8, 4) is 0 Å². The first kappa shape index (κ1) is 15.9. The van der Waals surface area contributed by atoms with E-state index in [4.69, 9.17) is 5.73 Å². The molecule has 3 aromatic rings. The highest BCUT2D eigenvalue weighted by Crippen LogP contribution is 2.20. The van der Waals surface area contributed by atoms with Crippen LogP contribution in [0, 0.1) is 0 Å². The lowest BCUT2D eigenvalue weighted by molar-refractivity contribution is 0.241. The Hall–Kier alpha value is -1.94. The average Bonchev–Trinajstić information content (AvgIpc) is 3.11. The Bertz CT molecular complexity index is 639. The minimum Gasteiger partial charge on any atom is -0.322 e. The van der Waals surface area contributed by atoms with Crippen molar-refractivity contribution in [1.29, 1.82) is 0 Å².